The molecule has 1 aliphatic rings. The van der Waals surface area contributed by atoms with E-state index in [2.05, 4.69) is 15.3 Å². The summed E-state index contributed by atoms with van der Waals surface area (Å²) in [5.74, 6) is 0.0292. The first-order valence-electron chi connectivity index (χ1n) is 11.5. The standard InChI is InChI=1S/C26H28N4O5/c1-18-22(25(33)29-26(28-18)30-12-14-34-15-13-30)10-11-23(31)35-21-9-5-8-20(16-21)24(32)27-17-19-6-3-2-4-7-19/h2-9,16H,10-15,17H2,1H3,(H,27,32)(H,28,29,33). The number of esters is 1. The van der Waals surface area contributed by atoms with Gasteiger partial charge in [0.05, 0.1) is 19.6 Å². The summed E-state index contributed by atoms with van der Waals surface area (Å²) >= 11 is 0. The average Bonchev–Trinajstić information content (AvgIpc) is 2.88. The van der Waals surface area contributed by atoms with Crippen molar-refractivity contribution in [1.82, 2.24) is 15.3 Å². The number of benzene rings is 2. The molecular formula is C26H28N4O5. The number of carbonyl (C=O) groups excluding carboxylic acids is 2. The van der Waals surface area contributed by atoms with Crippen LogP contribution in [0.25, 0.3) is 0 Å². The Bertz CT molecular complexity index is 1240. The molecule has 3 aromatic rings. The first-order valence-corrected chi connectivity index (χ1v) is 11.5. The van der Waals surface area contributed by atoms with Crippen LogP contribution in [0.3, 0.4) is 0 Å². The molecule has 1 aliphatic heterocycles. The van der Waals surface area contributed by atoms with Crippen LogP contribution in [-0.2, 0) is 22.5 Å². The van der Waals surface area contributed by atoms with Crippen molar-refractivity contribution in [2.45, 2.75) is 26.3 Å². The zero-order valence-electron chi connectivity index (χ0n) is 19.6. The minimum absolute atomic E-state index is 0.00688. The lowest BCUT2D eigenvalue weighted by Gasteiger charge is -2.27. The second-order valence-corrected chi connectivity index (χ2v) is 8.22. The Labute approximate surface area is 203 Å². The molecule has 4 rings (SSSR count). The maximum atomic E-state index is 12.6. The number of anilines is 1. The first-order chi connectivity index (χ1) is 17.0. The molecular weight excluding hydrogens is 448 g/mol. The lowest BCUT2D eigenvalue weighted by molar-refractivity contribution is -0.134. The van der Waals surface area contributed by atoms with Crippen LogP contribution in [0.4, 0.5) is 5.95 Å². The predicted molar refractivity (Wildman–Crippen MR) is 131 cm³/mol. The zero-order chi connectivity index (χ0) is 24.6. The van der Waals surface area contributed by atoms with Gasteiger partial charge in [-0.15, -0.1) is 0 Å². The fraction of sp³-hybridized carbons (Fsp3) is 0.308. The smallest absolute Gasteiger partial charge is 0.311 e. The summed E-state index contributed by atoms with van der Waals surface area (Å²) in [6.07, 6.45) is 0.209. The zero-order valence-corrected chi connectivity index (χ0v) is 19.6. The Morgan fingerprint density at radius 1 is 1.11 bits per heavy atom. The number of aryl methyl sites for hydroxylation is 1. The number of aromatic nitrogens is 2. The van der Waals surface area contributed by atoms with Crippen LogP contribution < -0.4 is 20.5 Å². The third-order valence-electron chi connectivity index (χ3n) is 5.72. The van der Waals surface area contributed by atoms with Crippen molar-refractivity contribution in [1.29, 1.82) is 0 Å². The van der Waals surface area contributed by atoms with Crippen LogP contribution in [-0.4, -0.2) is 48.1 Å². The summed E-state index contributed by atoms with van der Waals surface area (Å²) in [5, 5.41) is 2.85. The number of rotatable bonds is 8. The van der Waals surface area contributed by atoms with Crippen LogP contribution in [0, 0.1) is 6.92 Å². The number of hydrogen-bond donors (Lipinski definition) is 2. The van der Waals surface area contributed by atoms with E-state index in [-0.39, 0.29) is 30.1 Å². The molecule has 0 aliphatic carbocycles. The van der Waals surface area contributed by atoms with E-state index in [0.717, 1.165) is 5.56 Å². The Kier molecular flexibility index (Phi) is 7.89. The second-order valence-electron chi connectivity index (χ2n) is 8.22. The van der Waals surface area contributed by atoms with Crippen LogP contribution in [0.5, 0.6) is 5.75 Å². The van der Waals surface area contributed by atoms with Crippen LogP contribution in [0.1, 0.15) is 33.6 Å². The van der Waals surface area contributed by atoms with E-state index < -0.39 is 5.97 Å². The molecule has 2 N–H and O–H groups in total. The van der Waals surface area contributed by atoms with Crippen LogP contribution in [0.2, 0.25) is 0 Å². The Morgan fingerprint density at radius 3 is 2.63 bits per heavy atom. The van der Waals surface area contributed by atoms with Gasteiger partial charge in [-0.25, -0.2) is 4.98 Å². The number of hydrogen-bond acceptors (Lipinski definition) is 7. The number of aromatic amines is 1. The molecule has 0 bridgehead atoms. The SMILES string of the molecule is Cc1nc(N2CCOCC2)[nH]c(=O)c1CCC(=O)Oc1cccc(C(=O)NCc2ccccc2)c1. The lowest BCUT2D eigenvalue weighted by Crippen LogP contribution is -2.38. The Hall–Kier alpha value is -3.98. The van der Waals surface area contributed by atoms with Crippen molar-refractivity contribution < 1.29 is 19.1 Å². The molecule has 9 nitrogen and oxygen atoms in total. The molecule has 0 spiro atoms. The van der Waals surface area contributed by atoms with Gasteiger partial charge in [0, 0.05) is 36.5 Å². The monoisotopic (exact) mass is 476 g/mol. The summed E-state index contributed by atoms with van der Waals surface area (Å²) in [5.41, 5.74) is 2.15. The number of nitrogens with zero attached hydrogens (tertiary/aromatic N) is 2. The van der Waals surface area contributed by atoms with Gasteiger partial charge < -0.3 is 19.7 Å². The number of morpholine rings is 1. The molecule has 0 saturated carbocycles. The average molecular weight is 477 g/mol. The van der Waals surface area contributed by atoms with Gasteiger partial charge in [0.1, 0.15) is 5.75 Å². The normalized spacial score (nSPS) is 13.3. The Balaban J connectivity index is 1.32. The van der Waals surface area contributed by atoms with Gasteiger partial charge in [-0.05, 0) is 37.1 Å². The number of H-pyrrole nitrogens is 1. The van der Waals surface area contributed by atoms with Crippen LogP contribution >= 0.6 is 0 Å². The molecule has 35 heavy (non-hydrogen) atoms. The van der Waals surface area contributed by atoms with Gasteiger partial charge in [0.25, 0.3) is 11.5 Å². The van der Waals surface area contributed by atoms with Crippen molar-refractivity contribution in [2.75, 3.05) is 31.2 Å². The van der Waals surface area contributed by atoms with Gasteiger partial charge in [0.2, 0.25) is 5.95 Å². The van der Waals surface area contributed by atoms with E-state index in [4.69, 9.17) is 9.47 Å². The number of carbonyl (C=O) groups is 2. The van der Waals surface area contributed by atoms with E-state index in [9.17, 15) is 14.4 Å². The van der Waals surface area contributed by atoms with Crippen molar-refractivity contribution in [2.24, 2.45) is 0 Å². The molecule has 0 atom stereocenters. The molecule has 2 aromatic carbocycles. The van der Waals surface area contributed by atoms with E-state index in [1.54, 1.807) is 25.1 Å². The summed E-state index contributed by atoms with van der Waals surface area (Å²) in [6.45, 7) is 4.67. The Morgan fingerprint density at radius 2 is 1.89 bits per heavy atom. The first kappa shape index (κ1) is 24.2. The fourth-order valence-electron chi connectivity index (χ4n) is 3.81. The summed E-state index contributed by atoms with van der Waals surface area (Å²) in [7, 11) is 0. The molecule has 0 unspecified atom stereocenters. The minimum atomic E-state index is -0.497. The molecule has 1 saturated heterocycles. The quantitative estimate of drug-likeness (QED) is 0.379. The maximum absolute atomic E-state index is 12.6. The van der Waals surface area contributed by atoms with Gasteiger partial charge >= 0.3 is 5.97 Å². The summed E-state index contributed by atoms with van der Waals surface area (Å²) in [6, 6.07) is 16.0. The number of nitrogens with one attached hydrogen (secondary N) is 2. The largest absolute Gasteiger partial charge is 0.426 e. The van der Waals surface area contributed by atoms with Crippen molar-refractivity contribution in [3.8, 4) is 5.75 Å². The highest BCUT2D eigenvalue weighted by atomic mass is 16.5. The topological polar surface area (TPSA) is 114 Å². The lowest BCUT2D eigenvalue weighted by atomic mass is 10.1. The van der Waals surface area contributed by atoms with Crippen LogP contribution in [0.15, 0.2) is 59.4 Å². The minimum Gasteiger partial charge on any atom is -0.426 e. The second kappa shape index (κ2) is 11.4. The molecule has 0 radical (unpaired) electrons. The van der Waals surface area contributed by atoms with Crippen molar-refractivity contribution >= 4 is 17.8 Å². The third-order valence-corrected chi connectivity index (χ3v) is 5.72. The molecule has 1 aromatic heterocycles. The summed E-state index contributed by atoms with van der Waals surface area (Å²) in [4.78, 5) is 46.8. The highest BCUT2D eigenvalue weighted by Gasteiger charge is 2.17. The van der Waals surface area contributed by atoms with Gasteiger partial charge in [-0.2, -0.15) is 0 Å². The van der Waals surface area contributed by atoms with Gasteiger partial charge in [0.15, 0.2) is 0 Å². The molecule has 1 amide bonds. The van der Waals surface area contributed by atoms with Crippen molar-refractivity contribution in [3.63, 3.8) is 0 Å². The highest BCUT2D eigenvalue weighted by molar-refractivity contribution is 5.94. The van der Waals surface area contributed by atoms with Gasteiger partial charge in [-0.1, -0.05) is 36.4 Å². The number of ether oxygens (including phenoxy) is 2. The molecule has 182 valence electrons. The molecule has 9 heteroatoms. The van der Waals surface area contributed by atoms with E-state index >= 15 is 0 Å². The van der Waals surface area contributed by atoms with E-state index in [0.29, 0.717) is 55.6 Å². The highest BCUT2D eigenvalue weighted by Crippen LogP contribution is 2.16. The maximum Gasteiger partial charge on any atom is 0.311 e. The predicted octanol–water partition coefficient (Wildman–Crippen LogP) is 2.38. The van der Waals surface area contributed by atoms with Gasteiger partial charge in [-0.3, -0.25) is 19.4 Å². The number of amides is 1. The fourth-order valence-corrected chi connectivity index (χ4v) is 3.81. The third kappa shape index (κ3) is 6.54. The van der Waals surface area contributed by atoms with Crippen molar-refractivity contribution in [3.05, 3.63) is 87.3 Å². The van der Waals surface area contributed by atoms with E-state index in [1.807, 2.05) is 35.2 Å². The molecule has 1 fully saturated rings. The van der Waals surface area contributed by atoms with E-state index in [1.165, 1.54) is 6.07 Å². The molecule has 2 heterocycles. The summed E-state index contributed by atoms with van der Waals surface area (Å²) < 4.78 is 10.7.